The minimum Gasteiger partial charge on any atom is -0.399 e. The number of benzene rings is 1. The Morgan fingerprint density at radius 2 is 1.92 bits per heavy atom. The van der Waals surface area contributed by atoms with Crippen LogP contribution in [-0.2, 0) is 20.6 Å². The van der Waals surface area contributed by atoms with Crippen LogP contribution in [-0.4, -0.2) is 46.8 Å². The zero-order valence-electron chi connectivity index (χ0n) is 21.6. The highest BCUT2D eigenvalue weighted by Gasteiger charge is 2.52. The molecule has 2 saturated heterocycles. The maximum absolute atomic E-state index is 11.4. The molecule has 8 nitrogen and oxygen atoms in total. The summed E-state index contributed by atoms with van der Waals surface area (Å²) in [5, 5.41) is 10.9. The van der Waals surface area contributed by atoms with Gasteiger partial charge >= 0.3 is 7.12 Å². The lowest BCUT2D eigenvalue weighted by atomic mass is 9.76. The zero-order chi connectivity index (χ0) is 25.5. The van der Waals surface area contributed by atoms with Crippen molar-refractivity contribution in [2.75, 3.05) is 11.9 Å². The van der Waals surface area contributed by atoms with E-state index >= 15 is 0 Å². The van der Waals surface area contributed by atoms with Gasteiger partial charge in [0.25, 0.3) is 0 Å². The van der Waals surface area contributed by atoms with E-state index in [4.69, 9.17) is 14.3 Å². The van der Waals surface area contributed by atoms with E-state index in [0.29, 0.717) is 18.8 Å². The number of pyridine rings is 2. The van der Waals surface area contributed by atoms with Gasteiger partial charge in [-0.2, -0.15) is 0 Å². The molecule has 1 atom stereocenters. The summed E-state index contributed by atoms with van der Waals surface area (Å²) in [5.74, 6) is 0.841. The highest BCUT2D eigenvalue weighted by molar-refractivity contribution is 6.62. The number of fused-ring (bicyclic) bond motifs is 1. The van der Waals surface area contributed by atoms with Crippen LogP contribution >= 0.6 is 0 Å². The van der Waals surface area contributed by atoms with Gasteiger partial charge in [0.2, 0.25) is 5.91 Å². The van der Waals surface area contributed by atoms with Crippen LogP contribution in [0.5, 0.6) is 0 Å². The molecular formula is C27H34BN5O3. The first-order valence-corrected chi connectivity index (χ1v) is 12.6. The Balaban J connectivity index is 1.32. The molecule has 5 rings (SSSR count). The number of carbonyl (C=O) groups excluding carboxylic acids is 1. The number of carbonyl (C=O) groups is 1. The molecule has 1 aromatic carbocycles. The molecule has 0 bridgehead atoms. The predicted molar refractivity (Wildman–Crippen MR) is 143 cm³/mol. The normalized spacial score (nSPS) is 20.6. The van der Waals surface area contributed by atoms with Crippen LogP contribution in [0.25, 0.3) is 10.9 Å². The molecule has 1 amide bonds. The monoisotopic (exact) mass is 487 g/mol. The van der Waals surface area contributed by atoms with Gasteiger partial charge in [-0.1, -0.05) is 12.1 Å². The van der Waals surface area contributed by atoms with Gasteiger partial charge in [-0.15, -0.1) is 0 Å². The summed E-state index contributed by atoms with van der Waals surface area (Å²) in [6.45, 7) is 11.8. The Labute approximate surface area is 212 Å². The third-order valence-corrected chi connectivity index (χ3v) is 7.60. The van der Waals surface area contributed by atoms with Crippen molar-refractivity contribution in [1.82, 2.24) is 20.6 Å². The fourth-order valence-corrected chi connectivity index (χ4v) is 4.66. The number of nitrogens with one attached hydrogen (secondary N) is 3. The van der Waals surface area contributed by atoms with Gasteiger partial charge in [0.05, 0.1) is 11.2 Å². The molecule has 0 spiro atoms. The van der Waals surface area contributed by atoms with Crippen molar-refractivity contribution in [2.24, 2.45) is 0 Å². The van der Waals surface area contributed by atoms with Crippen LogP contribution in [0, 0.1) is 6.92 Å². The molecule has 188 valence electrons. The average molecular weight is 487 g/mol. The molecule has 9 heteroatoms. The molecule has 2 aliphatic heterocycles. The second-order valence-corrected chi connectivity index (χ2v) is 10.7. The summed E-state index contributed by atoms with van der Waals surface area (Å²) in [7, 11) is -0.428. The van der Waals surface area contributed by atoms with Crippen LogP contribution in [0.15, 0.2) is 42.7 Å². The second-order valence-electron chi connectivity index (χ2n) is 10.7. The van der Waals surface area contributed by atoms with Crippen LogP contribution in [0.1, 0.15) is 51.7 Å². The van der Waals surface area contributed by atoms with Gasteiger partial charge in [0, 0.05) is 49.0 Å². The molecule has 1 unspecified atom stereocenters. The smallest absolute Gasteiger partial charge is 0.399 e. The quantitative estimate of drug-likeness (QED) is 0.440. The molecule has 36 heavy (non-hydrogen) atoms. The van der Waals surface area contributed by atoms with Crippen molar-refractivity contribution in [1.29, 1.82) is 0 Å². The number of aromatic nitrogens is 2. The number of nitrogens with zero attached hydrogens (tertiary/aromatic N) is 2. The van der Waals surface area contributed by atoms with Gasteiger partial charge in [0.1, 0.15) is 5.52 Å². The fraction of sp³-hybridized carbons (Fsp3) is 0.444. The molecule has 2 aliphatic rings. The predicted octanol–water partition coefficient (Wildman–Crippen LogP) is 3.35. The van der Waals surface area contributed by atoms with Gasteiger partial charge in [-0.05, 0) is 75.8 Å². The molecule has 0 aliphatic carbocycles. The van der Waals surface area contributed by atoms with Crippen molar-refractivity contribution in [2.45, 2.75) is 71.2 Å². The topological polar surface area (TPSA) is 97.4 Å². The van der Waals surface area contributed by atoms with Gasteiger partial charge < -0.3 is 25.3 Å². The Morgan fingerprint density at radius 1 is 1.14 bits per heavy atom. The zero-order valence-corrected chi connectivity index (χ0v) is 21.6. The van der Waals surface area contributed by atoms with Gasteiger partial charge in [-0.3, -0.25) is 9.78 Å². The fourth-order valence-electron chi connectivity index (χ4n) is 4.66. The van der Waals surface area contributed by atoms with Crippen molar-refractivity contribution >= 4 is 40.9 Å². The number of hydrogen-bond acceptors (Lipinski definition) is 7. The van der Waals surface area contributed by atoms with E-state index in [9.17, 15) is 4.79 Å². The largest absolute Gasteiger partial charge is 0.495 e. The Morgan fingerprint density at radius 3 is 2.64 bits per heavy atom. The van der Waals surface area contributed by atoms with Crippen LogP contribution < -0.4 is 21.4 Å². The minimum atomic E-state index is -0.428. The molecule has 3 N–H and O–H groups in total. The second kappa shape index (κ2) is 9.46. The summed E-state index contributed by atoms with van der Waals surface area (Å²) in [6, 6.07) is 10.4. The molecule has 0 saturated carbocycles. The van der Waals surface area contributed by atoms with Crippen molar-refractivity contribution < 1.29 is 14.1 Å². The lowest BCUT2D eigenvalue weighted by Crippen LogP contribution is -2.41. The third-order valence-electron chi connectivity index (χ3n) is 7.60. The molecule has 4 heterocycles. The first kappa shape index (κ1) is 24.7. The Bertz CT molecular complexity index is 1280. The number of amides is 1. The van der Waals surface area contributed by atoms with E-state index in [1.807, 2.05) is 30.5 Å². The molecule has 3 aromatic rings. The molecular weight excluding hydrogens is 453 g/mol. The van der Waals surface area contributed by atoms with E-state index in [2.05, 4.69) is 61.6 Å². The molecule has 2 fully saturated rings. The average Bonchev–Trinajstić information content (AvgIpc) is 3.33. The first-order valence-electron chi connectivity index (χ1n) is 12.6. The van der Waals surface area contributed by atoms with E-state index in [1.54, 1.807) is 6.20 Å². The summed E-state index contributed by atoms with van der Waals surface area (Å²) in [6.07, 6.45) is 5.18. The minimum absolute atomic E-state index is 0.137. The Kier molecular flexibility index (Phi) is 6.49. The highest BCUT2D eigenvalue weighted by Crippen LogP contribution is 2.37. The maximum Gasteiger partial charge on any atom is 0.495 e. The third kappa shape index (κ3) is 4.83. The summed E-state index contributed by atoms with van der Waals surface area (Å²) in [5.41, 5.74) is 4.09. The standard InChI is InChI=1S/C27H34BN5O3/c1-17-21(28-35-26(2,3)27(4,5)36-28)7-6-8-22(17)33-25-24-19(11-12-30-25)13-18(15-31-24)14-29-16-20-9-10-23(34)32-20/h6-8,11-13,15,20,29H,9-10,14,16H2,1-5H3,(H,30,33)(H,32,34). The summed E-state index contributed by atoms with van der Waals surface area (Å²) in [4.78, 5) is 20.7. The van der Waals surface area contributed by atoms with Crippen molar-refractivity contribution in [3.63, 3.8) is 0 Å². The van der Waals surface area contributed by atoms with E-state index in [0.717, 1.165) is 46.1 Å². The first-order chi connectivity index (χ1) is 17.1. The van der Waals surface area contributed by atoms with Crippen LogP contribution in [0.2, 0.25) is 0 Å². The van der Waals surface area contributed by atoms with Crippen LogP contribution in [0.4, 0.5) is 11.5 Å². The summed E-state index contributed by atoms with van der Waals surface area (Å²) < 4.78 is 12.6. The van der Waals surface area contributed by atoms with Gasteiger partial charge in [0.15, 0.2) is 5.82 Å². The number of anilines is 2. The van der Waals surface area contributed by atoms with E-state index in [1.165, 1.54) is 0 Å². The lowest BCUT2D eigenvalue weighted by Gasteiger charge is -2.32. The SMILES string of the molecule is Cc1c(Nc2nccc3cc(CNCC4CCC(=O)N4)cnc23)cccc1B1OC(C)(C)C(C)(C)O1. The Hall–Kier alpha value is -3.01. The van der Waals surface area contributed by atoms with Crippen LogP contribution in [0.3, 0.4) is 0 Å². The molecule has 0 radical (unpaired) electrons. The number of hydrogen-bond donors (Lipinski definition) is 3. The highest BCUT2D eigenvalue weighted by atomic mass is 16.7. The number of rotatable bonds is 7. The van der Waals surface area contributed by atoms with Crippen molar-refractivity contribution in [3.8, 4) is 0 Å². The van der Waals surface area contributed by atoms with Gasteiger partial charge in [-0.25, -0.2) is 4.98 Å². The maximum atomic E-state index is 11.4. The lowest BCUT2D eigenvalue weighted by molar-refractivity contribution is -0.119. The van der Waals surface area contributed by atoms with E-state index in [-0.39, 0.29) is 11.9 Å². The van der Waals surface area contributed by atoms with Crippen molar-refractivity contribution in [3.05, 3.63) is 53.9 Å². The van der Waals surface area contributed by atoms with E-state index < -0.39 is 18.3 Å². The molecule has 2 aromatic heterocycles. The summed E-state index contributed by atoms with van der Waals surface area (Å²) >= 11 is 0.